The quantitative estimate of drug-likeness (QED) is 0.619. The van der Waals surface area contributed by atoms with Gasteiger partial charge in [0.15, 0.2) is 0 Å². The first-order valence-corrected chi connectivity index (χ1v) is 10.2. The number of thiazole rings is 1. The highest BCUT2D eigenvalue weighted by Crippen LogP contribution is 2.38. The molecule has 2 aromatic carbocycles. The lowest BCUT2D eigenvalue weighted by atomic mass is 9.97. The molecule has 152 valence electrons. The van der Waals surface area contributed by atoms with Gasteiger partial charge in [-0.2, -0.15) is 0 Å². The largest absolute Gasteiger partial charge is 0.347 e. The number of aryl methyl sites for hydroxylation is 2. The predicted molar refractivity (Wildman–Crippen MR) is 117 cm³/mol. The molecule has 0 fully saturated rings. The maximum atomic E-state index is 13.2. The van der Waals surface area contributed by atoms with Gasteiger partial charge < -0.3 is 11.1 Å². The summed E-state index contributed by atoms with van der Waals surface area (Å²) in [4.78, 5) is 18.5. The molecule has 0 aliphatic heterocycles. The number of carbonyl (C=O) groups excluding carboxylic acids is 1. The van der Waals surface area contributed by atoms with Crippen LogP contribution >= 0.6 is 23.7 Å². The van der Waals surface area contributed by atoms with E-state index in [9.17, 15) is 9.18 Å². The predicted octanol–water partition coefficient (Wildman–Crippen LogP) is 4.87. The van der Waals surface area contributed by atoms with Gasteiger partial charge in [0.25, 0.3) is 0 Å². The third-order valence-electron chi connectivity index (χ3n) is 5.08. The Hall–Kier alpha value is -2.28. The minimum absolute atomic E-state index is 0. The van der Waals surface area contributed by atoms with Crippen LogP contribution in [0.1, 0.15) is 46.6 Å². The first-order chi connectivity index (χ1) is 13.5. The van der Waals surface area contributed by atoms with Crippen molar-refractivity contribution in [3.8, 4) is 10.6 Å². The summed E-state index contributed by atoms with van der Waals surface area (Å²) in [6.45, 7) is 2.00. The fourth-order valence-electron chi connectivity index (χ4n) is 3.46. The van der Waals surface area contributed by atoms with E-state index in [0.29, 0.717) is 0 Å². The molecule has 0 bridgehead atoms. The number of halogens is 2. The summed E-state index contributed by atoms with van der Waals surface area (Å²) in [5, 5.41) is 3.96. The Morgan fingerprint density at radius 3 is 2.59 bits per heavy atom. The molecular formula is C22H23ClFN3OS. The standard InChI is InChI=1S/C22H22FN3OS.ClH/c1-13-5-7-14(8-6-13)19(24)21(27)25-17-3-2-4-18-20(17)28-22(26-18)15-9-11-16(23)12-10-15;/h5-12,17,19H,2-4,24H2,1H3,(H,25,27);1H. The second kappa shape index (κ2) is 9.03. The zero-order valence-corrected chi connectivity index (χ0v) is 17.7. The molecule has 4 rings (SSSR count). The van der Waals surface area contributed by atoms with Crippen molar-refractivity contribution in [2.75, 3.05) is 0 Å². The first kappa shape index (κ1) is 21.4. The number of nitrogens with zero attached hydrogens (tertiary/aromatic N) is 1. The van der Waals surface area contributed by atoms with E-state index in [1.165, 1.54) is 12.1 Å². The molecule has 3 N–H and O–H groups in total. The third kappa shape index (κ3) is 4.66. The Kier molecular flexibility index (Phi) is 6.67. The Bertz CT molecular complexity index is 988. The van der Waals surface area contributed by atoms with E-state index in [0.717, 1.165) is 51.5 Å². The monoisotopic (exact) mass is 431 g/mol. The summed E-state index contributed by atoms with van der Waals surface area (Å²) in [7, 11) is 0. The zero-order valence-electron chi connectivity index (χ0n) is 16.0. The number of nitrogens with one attached hydrogen (secondary N) is 1. The van der Waals surface area contributed by atoms with Crippen LogP contribution in [0, 0.1) is 12.7 Å². The van der Waals surface area contributed by atoms with Crippen LogP contribution in [0.5, 0.6) is 0 Å². The number of hydrogen-bond donors (Lipinski definition) is 2. The molecule has 1 aliphatic rings. The van der Waals surface area contributed by atoms with Crippen molar-refractivity contribution < 1.29 is 9.18 Å². The van der Waals surface area contributed by atoms with Crippen molar-refractivity contribution in [1.29, 1.82) is 0 Å². The Morgan fingerprint density at radius 2 is 1.90 bits per heavy atom. The molecule has 1 heterocycles. The van der Waals surface area contributed by atoms with E-state index in [1.54, 1.807) is 23.5 Å². The van der Waals surface area contributed by atoms with Gasteiger partial charge in [-0.1, -0.05) is 29.8 Å². The second-order valence-electron chi connectivity index (χ2n) is 7.18. The molecule has 0 spiro atoms. The molecule has 2 atom stereocenters. The molecule has 2 unspecified atom stereocenters. The van der Waals surface area contributed by atoms with Crippen molar-refractivity contribution in [3.05, 3.63) is 76.0 Å². The highest BCUT2D eigenvalue weighted by molar-refractivity contribution is 7.15. The summed E-state index contributed by atoms with van der Waals surface area (Å²) in [6, 6.07) is 13.3. The van der Waals surface area contributed by atoms with Crippen molar-refractivity contribution in [1.82, 2.24) is 10.3 Å². The highest BCUT2D eigenvalue weighted by atomic mass is 35.5. The Labute approximate surface area is 179 Å². The van der Waals surface area contributed by atoms with Crippen LogP contribution in [-0.2, 0) is 11.2 Å². The minimum Gasteiger partial charge on any atom is -0.347 e. The van der Waals surface area contributed by atoms with Crippen LogP contribution in [0.2, 0.25) is 0 Å². The van der Waals surface area contributed by atoms with Gasteiger partial charge >= 0.3 is 0 Å². The Morgan fingerprint density at radius 1 is 1.21 bits per heavy atom. The lowest BCUT2D eigenvalue weighted by molar-refractivity contribution is -0.123. The molecule has 29 heavy (non-hydrogen) atoms. The average Bonchev–Trinajstić information content (AvgIpc) is 3.14. The highest BCUT2D eigenvalue weighted by Gasteiger charge is 2.28. The van der Waals surface area contributed by atoms with Gasteiger partial charge in [-0.15, -0.1) is 23.7 Å². The molecule has 4 nitrogen and oxygen atoms in total. The smallest absolute Gasteiger partial charge is 0.242 e. The zero-order chi connectivity index (χ0) is 19.7. The van der Waals surface area contributed by atoms with Gasteiger partial charge in [0, 0.05) is 5.56 Å². The summed E-state index contributed by atoms with van der Waals surface area (Å²) in [5.41, 5.74) is 10.0. The van der Waals surface area contributed by atoms with Crippen LogP contribution < -0.4 is 11.1 Å². The number of aromatic nitrogens is 1. The summed E-state index contributed by atoms with van der Waals surface area (Å²) in [5.74, 6) is -0.446. The molecule has 7 heteroatoms. The number of hydrogen-bond acceptors (Lipinski definition) is 4. The van der Waals surface area contributed by atoms with E-state index in [1.807, 2.05) is 31.2 Å². The summed E-state index contributed by atoms with van der Waals surface area (Å²) in [6.07, 6.45) is 2.72. The number of nitrogens with two attached hydrogens (primary N) is 1. The van der Waals surface area contributed by atoms with E-state index >= 15 is 0 Å². The topological polar surface area (TPSA) is 68.0 Å². The van der Waals surface area contributed by atoms with Crippen molar-refractivity contribution in [3.63, 3.8) is 0 Å². The summed E-state index contributed by atoms with van der Waals surface area (Å²) >= 11 is 1.56. The maximum Gasteiger partial charge on any atom is 0.242 e. The number of amides is 1. The van der Waals surface area contributed by atoms with Crippen molar-refractivity contribution >= 4 is 29.7 Å². The van der Waals surface area contributed by atoms with Gasteiger partial charge in [0.1, 0.15) is 16.9 Å². The fraction of sp³-hybridized carbons (Fsp3) is 0.273. The van der Waals surface area contributed by atoms with E-state index in [2.05, 4.69) is 5.32 Å². The number of fused-ring (bicyclic) bond motifs is 1. The van der Waals surface area contributed by atoms with E-state index in [4.69, 9.17) is 10.7 Å². The van der Waals surface area contributed by atoms with Gasteiger partial charge in [-0.3, -0.25) is 4.79 Å². The van der Waals surface area contributed by atoms with Crippen LogP contribution in [0.3, 0.4) is 0 Å². The van der Waals surface area contributed by atoms with Crippen LogP contribution in [0.4, 0.5) is 4.39 Å². The Balaban J connectivity index is 0.00000240. The van der Waals surface area contributed by atoms with Gasteiger partial charge in [-0.05, 0) is 56.0 Å². The molecule has 3 aromatic rings. The van der Waals surface area contributed by atoms with Gasteiger partial charge in [-0.25, -0.2) is 9.37 Å². The molecule has 0 saturated carbocycles. The van der Waals surface area contributed by atoms with Crippen LogP contribution in [0.25, 0.3) is 10.6 Å². The molecule has 1 aliphatic carbocycles. The average molecular weight is 432 g/mol. The molecule has 1 amide bonds. The molecule has 0 radical (unpaired) electrons. The number of carbonyl (C=O) groups is 1. The molecular weight excluding hydrogens is 409 g/mol. The fourth-order valence-corrected chi connectivity index (χ4v) is 4.66. The van der Waals surface area contributed by atoms with Gasteiger partial charge in [0.2, 0.25) is 5.91 Å². The lowest BCUT2D eigenvalue weighted by Gasteiger charge is -2.24. The normalized spacial score (nSPS) is 16.4. The minimum atomic E-state index is -0.699. The van der Waals surface area contributed by atoms with Crippen LogP contribution in [0.15, 0.2) is 48.5 Å². The van der Waals surface area contributed by atoms with Gasteiger partial charge in [0.05, 0.1) is 16.6 Å². The summed E-state index contributed by atoms with van der Waals surface area (Å²) < 4.78 is 13.2. The number of benzene rings is 2. The molecule has 1 aromatic heterocycles. The lowest BCUT2D eigenvalue weighted by Crippen LogP contribution is -2.37. The van der Waals surface area contributed by atoms with Crippen molar-refractivity contribution in [2.45, 2.75) is 38.3 Å². The number of rotatable bonds is 4. The first-order valence-electron chi connectivity index (χ1n) is 9.39. The van der Waals surface area contributed by atoms with E-state index < -0.39 is 6.04 Å². The van der Waals surface area contributed by atoms with E-state index in [-0.39, 0.29) is 30.2 Å². The second-order valence-corrected chi connectivity index (χ2v) is 8.21. The maximum absolute atomic E-state index is 13.2. The SMILES string of the molecule is Cc1ccc(C(N)C(=O)NC2CCCc3nc(-c4ccc(F)cc4)sc32)cc1.Cl. The third-order valence-corrected chi connectivity index (χ3v) is 6.34. The van der Waals surface area contributed by atoms with Crippen LogP contribution in [-0.4, -0.2) is 10.9 Å². The van der Waals surface area contributed by atoms with Crippen molar-refractivity contribution in [2.24, 2.45) is 5.73 Å². The molecule has 0 saturated heterocycles.